The number of aliphatic carboxylic acids is 1. The van der Waals surface area contributed by atoms with E-state index in [4.69, 9.17) is 0 Å². The van der Waals surface area contributed by atoms with Crippen LogP contribution in [0.25, 0.3) is 0 Å². The van der Waals surface area contributed by atoms with E-state index in [0.717, 1.165) is 17.8 Å². The van der Waals surface area contributed by atoms with Gasteiger partial charge in [-0.05, 0) is 17.5 Å². The normalized spacial score (nSPS) is 18.9. The molecule has 0 bridgehead atoms. The number of benzene rings is 1. The summed E-state index contributed by atoms with van der Waals surface area (Å²) < 4.78 is 0. The fourth-order valence-corrected chi connectivity index (χ4v) is 2.29. The molecule has 0 spiro atoms. The van der Waals surface area contributed by atoms with E-state index in [2.05, 4.69) is 13.8 Å². The molecule has 1 heterocycles. The maximum Gasteiger partial charge on any atom is 0.326 e. The number of fused-ring (bicyclic) bond motifs is 1. The minimum atomic E-state index is -0.725. The van der Waals surface area contributed by atoms with Crippen molar-refractivity contribution in [3.63, 3.8) is 0 Å². The second kappa shape index (κ2) is 4.16. The predicted octanol–water partition coefficient (Wildman–Crippen LogP) is 2.16. The van der Waals surface area contributed by atoms with Gasteiger partial charge in [0.25, 0.3) is 0 Å². The van der Waals surface area contributed by atoms with Crippen molar-refractivity contribution in [3.8, 4) is 0 Å². The topological polar surface area (TPSA) is 40.5 Å². The van der Waals surface area contributed by atoms with Gasteiger partial charge in [0.2, 0.25) is 0 Å². The van der Waals surface area contributed by atoms with Crippen molar-refractivity contribution in [2.75, 3.05) is 11.4 Å². The van der Waals surface area contributed by atoms with Crippen molar-refractivity contribution in [2.24, 2.45) is 5.92 Å². The van der Waals surface area contributed by atoms with Gasteiger partial charge < -0.3 is 10.0 Å². The molecule has 3 heteroatoms. The number of para-hydroxylation sites is 1. The number of hydrogen-bond acceptors (Lipinski definition) is 2. The summed E-state index contributed by atoms with van der Waals surface area (Å²) in [5, 5.41) is 9.23. The first-order valence-corrected chi connectivity index (χ1v) is 5.67. The molecular formula is C13H17NO2. The lowest BCUT2D eigenvalue weighted by molar-refractivity contribution is -0.138. The highest BCUT2D eigenvalue weighted by Crippen LogP contribution is 2.32. The van der Waals surface area contributed by atoms with Crippen molar-refractivity contribution >= 4 is 11.7 Å². The van der Waals surface area contributed by atoms with E-state index >= 15 is 0 Å². The molecular weight excluding hydrogens is 202 g/mol. The summed E-state index contributed by atoms with van der Waals surface area (Å²) in [6.45, 7) is 5.02. The molecule has 0 radical (unpaired) electrons. The van der Waals surface area contributed by atoms with Crippen molar-refractivity contribution in [1.29, 1.82) is 0 Å². The number of carbonyl (C=O) groups is 1. The molecule has 1 atom stereocenters. The molecule has 0 aromatic heterocycles. The zero-order valence-electron chi connectivity index (χ0n) is 9.68. The summed E-state index contributed by atoms with van der Waals surface area (Å²) in [7, 11) is 0. The summed E-state index contributed by atoms with van der Waals surface area (Å²) in [6, 6.07) is 7.58. The minimum Gasteiger partial charge on any atom is -0.480 e. The Bertz CT molecular complexity index is 401. The van der Waals surface area contributed by atoms with E-state index < -0.39 is 5.97 Å². The van der Waals surface area contributed by atoms with E-state index in [1.807, 2.05) is 29.2 Å². The van der Waals surface area contributed by atoms with E-state index in [9.17, 15) is 9.90 Å². The molecule has 0 saturated carbocycles. The van der Waals surface area contributed by atoms with Gasteiger partial charge in [-0.15, -0.1) is 0 Å². The monoisotopic (exact) mass is 219 g/mol. The van der Waals surface area contributed by atoms with Crippen molar-refractivity contribution < 1.29 is 9.90 Å². The zero-order valence-corrected chi connectivity index (χ0v) is 9.68. The fraction of sp³-hybridized carbons (Fsp3) is 0.462. The molecule has 0 fully saturated rings. The lowest BCUT2D eigenvalue weighted by atomic mass is 10.1. The largest absolute Gasteiger partial charge is 0.480 e. The second-order valence-corrected chi connectivity index (χ2v) is 4.73. The summed E-state index contributed by atoms with van der Waals surface area (Å²) in [5.41, 5.74) is 2.24. The van der Waals surface area contributed by atoms with Crippen molar-refractivity contribution in [3.05, 3.63) is 29.8 Å². The molecule has 0 amide bonds. The zero-order chi connectivity index (χ0) is 11.7. The van der Waals surface area contributed by atoms with Gasteiger partial charge in [0, 0.05) is 18.7 Å². The van der Waals surface area contributed by atoms with Crippen LogP contribution in [0.15, 0.2) is 24.3 Å². The molecule has 1 aromatic carbocycles. The number of anilines is 1. The van der Waals surface area contributed by atoms with Crippen LogP contribution in [0.3, 0.4) is 0 Å². The predicted molar refractivity (Wildman–Crippen MR) is 63.8 cm³/mol. The van der Waals surface area contributed by atoms with Crippen LogP contribution in [0.2, 0.25) is 0 Å². The van der Waals surface area contributed by atoms with Gasteiger partial charge in [-0.1, -0.05) is 32.0 Å². The third-order valence-corrected chi connectivity index (χ3v) is 2.94. The first kappa shape index (κ1) is 11.0. The van der Waals surface area contributed by atoms with Crippen LogP contribution in [0, 0.1) is 5.92 Å². The Kier molecular flexibility index (Phi) is 2.86. The van der Waals surface area contributed by atoms with Crippen LogP contribution in [-0.4, -0.2) is 23.7 Å². The molecule has 0 saturated heterocycles. The quantitative estimate of drug-likeness (QED) is 0.846. The highest BCUT2D eigenvalue weighted by molar-refractivity contribution is 5.82. The second-order valence-electron chi connectivity index (χ2n) is 4.73. The molecule has 1 aromatic rings. The Morgan fingerprint density at radius 2 is 2.19 bits per heavy atom. The minimum absolute atomic E-state index is 0.389. The molecule has 16 heavy (non-hydrogen) atoms. The van der Waals surface area contributed by atoms with Gasteiger partial charge in [-0.25, -0.2) is 4.79 Å². The molecule has 0 aliphatic carbocycles. The van der Waals surface area contributed by atoms with Gasteiger partial charge in [0.1, 0.15) is 6.04 Å². The van der Waals surface area contributed by atoms with Gasteiger partial charge >= 0.3 is 5.97 Å². The van der Waals surface area contributed by atoms with Crippen LogP contribution in [0.1, 0.15) is 19.4 Å². The Morgan fingerprint density at radius 3 is 2.81 bits per heavy atom. The maximum absolute atomic E-state index is 11.2. The standard InChI is InChI=1S/C13H17NO2/c1-9(2)8-14-11-6-4-3-5-10(11)7-12(14)13(15)16/h3-6,9,12H,7-8H2,1-2H3,(H,15,16). The number of carboxylic acid groups (broad SMARTS) is 1. The Balaban J connectivity index is 2.32. The molecule has 1 N–H and O–H groups in total. The molecule has 86 valence electrons. The van der Waals surface area contributed by atoms with Gasteiger partial charge in [-0.3, -0.25) is 0 Å². The molecule has 1 unspecified atom stereocenters. The van der Waals surface area contributed by atoms with E-state index in [-0.39, 0.29) is 6.04 Å². The van der Waals surface area contributed by atoms with Crippen LogP contribution in [0.4, 0.5) is 5.69 Å². The van der Waals surface area contributed by atoms with E-state index in [1.165, 1.54) is 0 Å². The summed E-state index contributed by atoms with van der Waals surface area (Å²) in [5.74, 6) is -0.259. The van der Waals surface area contributed by atoms with Crippen LogP contribution >= 0.6 is 0 Å². The van der Waals surface area contributed by atoms with Gasteiger partial charge in [-0.2, -0.15) is 0 Å². The number of hydrogen-bond donors (Lipinski definition) is 1. The van der Waals surface area contributed by atoms with Crippen molar-refractivity contribution in [2.45, 2.75) is 26.3 Å². The lowest BCUT2D eigenvalue weighted by Gasteiger charge is -2.26. The summed E-state index contributed by atoms with van der Waals surface area (Å²) >= 11 is 0. The van der Waals surface area contributed by atoms with Crippen LogP contribution in [-0.2, 0) is 11.2 Å². The Morgan fingerprint density at radius 1 is 1.50 bits per heavy atom. The summed E-state index contributed by atoms with van der Waals surface area (Å²) in [6.07, 6.45) is 0.623. The highest BCUT2D eigenvalue weighted by Gasteiger charge is 2.34. The first-order valence-electron chi connectivity index (χ1n) is 5.67. The van der Waals surface area contributed by atoms with E-state index in [0.29, 0.717) is 12.3 Å². The summed E-state index contributed by atoms with van der Waals surface area (Å²) in [4.78, 5) is 13.2. The Hall–Kier alpha value is -1.51. The lowest BCUT2D eigenvalue weighted by Crippen LogP contribution is -2.40. The van der Waals surface area contributed by atoms with Gasteiger partial charge in [0.15, 0.2) is 0 Å². The fourth-order valence-electron chi connectivity index (χ4n) is 2.29. The van der Waals surface area contributed by atoms with Gasteiger partial charge in [0.05, 0.1) is 0 Å². The molecule has 1 aliphatic rings. The average molecular weight is 219 g/mol. The third kappa shape index (κ3) is 1.90. The van der Waals surface area contributed by atoms with Crippen molar-refractivity contribution in [1.82, 2.24) is 0 Å². The molecule has 2 rings (SSSR count). The molecule has 3 nitrogen and oxygen atoms in total. The van der Waals surface area contributed by atoms with Crippen LogP contribution in [0.5, 0.6) is 0 Å². The SMILES string of the molecule is CC(C)CN1c2ccccc2CC1C(=O)O. The number of nitrogens with zero attached hydrogens (tertiary/aromatic N) is 1. The highest BCUT2D eigenvalue weighted by atomic mass is 16.4. The average Bonchev–Trinajstić information content (AvgIpc) is 2.57. The third-order valence-electron chi connectivity index (χ3n) is 2.94. The maximum atomic E-state index is 11.2. The van der Waals surface area contributed by atoms with Crippen LogP contribution < -0.4 is 4.90 Å². The molecule has 1 aliphatic heterocycles. The number of rotatable bonds is 3. The Labute approximate surface area is 95.7 Å². The number of carboxylic acids is 1. The van der Waals surface area contributed by atoms with E-state index in [1.54, 1.807) is 0 Å². The first-order chi connectivity index (χ1) is 7.59. The smallest absolute Gasteiger partial charge is 0.326 e.